The van der Waals surface area contributed by atoms with Crippen molar-refractivity contribution >= 4 is 5.91 Å². The fourth-order valence-electron chi connectivity index (χ4n) is 1.60. The normalized spacial score (nSPS) is 10.4. The smallest absolute Gasteiger partial charge is 0.255 e. The van der Waals surface area contributed by atoms with Crippen LogP contribution in [0.4, 0.5) is 0 Å². The summed E-state index contributed by atoms with van der Waals surface area (Å²) in [5, 5.41) is 2.83. The number of benzene rings is 1. The molecule has 4 heteroatoms. The highest BCUT2D eigenvalue weighted by molar-refractivity contribution is 5.97. The van der Waals surface area contributed by atoms with Crippen LogP contribution >= 0.6 is 0 Å². The van der Waals surface area contributed by atoms with Gasteiger partial charge in [0.2, 0.25) is 0 Å². The molecular weight excluding hydrogens is 230 g/mol. The van der Waals surface area contributed by atoms with E-state index in [1.54, 1.807) is 25.3 Å². The lowest BCUT2D eigenvalue weighted by atomic mass is 10.1. The molecule has 0 unspecified atom stereocenters. The first-order valence-corrected chi connectivity index (χ1v) is 5.85. The SMILES string of the molecule is C/C=C/CCNC(=O)c1cccc(OC)c1OC. The molecule has 0 aromatic heterocycles. The molecule has 0 fully saturated rings. The van der Waals surface area contributed by atoms with Gasteiger partial charge >= 0.3 is 0 Å². The molecule has 0 atom stereocenters. The number of hydrogen-bond donors (Lipinski definition) is 1. The summed E-state index contributed by atoms with van der Waals surface area (Å²) in [7, 11) is 3.07. The molecule has 18 heavy (non-hydrogen) atoms. The van der Waals surface area contributed by atoms with Crippen LogP contribution in [0.25, 0.3) is 0 Å². The first-order chi connectivity index (χ1) is 8.74. The van der Waals surface area contributed by atoms with Gasteiger partial charge in [-0.05, 0) is 25.5 Å². The van der Waals surface area contributed by atoms with Crippen LogP contribution in [0.15, 0.2) is 30.4 Å². The van der Waals surface area contributed by atoms with Crippen LogP contribution in [-0.4, -0.2) is 26.7 Å². The standard InChI is InChI=1S/C14H19NO3/c1-4-5-6-10-15-14(16)11-8-7-9-12(17-2)13(11)18-3/h4-5,7-9H,6,10H2,1-3H3,(H,15,16)/b5-4+. The third kappa shape index (κ3) is 3.52. The lowest BCUT2D eigenvalue weighted by molar-refractivity contribution is 0.0950. The highest BCUT2D eigenvalue weighted by Gasteiger charge is 2.15. The third-order valence-corrected chi connectivity index (χ3v) is 2.48. The molecule has 0 saturated heterocycles. The lowest BCUT2D eigenvalue weighted by Crippen LogP contribution is -2.24. The van der Waals surface area contributed by atoms with Gasteiger partial charge in [0.15, 0.2) is 11.5 Å². The second-order valence-corrected chi connectivity index (χ2v) is 3.65. The summed E-state index contributed by atoms with van der Waals surface area (Å²) in [6.45, 7) is 2.55. The molecular formula is C14H19NO3. The van der Waals surface area contributed by atoms with Crippen molar-refractivity contribution < 1.29 is 14.3 Å². The third-order valence-electron chi connectivity index (χ3n) is 2.48. The zero-order valence-corrected chi connectivity index (χ0v) is 11.0. The number of methoxy groups -OCH3 is 2. The molecule has 1 rings (SSSR count). The van der Waals surface area contributed by atoms with E-state index in [9.17, 15) is 4.79 Å². The Bertz CT molecular complexity index is 427. The van der Waals surface area contributed by atoms with Crippen LogP contribution in [0.2, 0.25) is 0 Å². The molecule has 0 bridgehead atoms. The van der Waals surface area contributed by atoms with E-state index in [1.807, 2.05) is 19.1 Å². The van der Waals surface area contributed by atoms with E-state index in [0.717, 1.165) is 6.42 Å². The highest BCUT2D eigenvalue weighted by Crippen LogP contribution is 2.30. The molecule has 0 spiro atoms. The molecule has 0 heterocycles. The quantitative estimate of drug-likeness (QED) is 0.622. The van der Waals surface area contributed by atoms with Crippen LogP contribution in [0.1, 0.15) is 23.7 Å². The van der Waals surface area contributed by atoms with Gasteiger partial charge in [-0.25, -0.2) is 0 Å². The predicted octanol–water partition coefficient (Wildman–Crippen LogP) is 2.40. The molecule has 4 nitrogen and oxygen atoms in total. The molecule has 0 saturated carbocycles. The van der Waals surface area contributed by atoms with Gasteiger partial charge in [0, 0.05) is 6.54 Å². The summed E-state index contributed by atoms with van der Waals surface area (Å²) in [6, 6.07) is 5.24. The number of amides is 1. The van der Waals surface area contributed by atoms with Gasteiger partial charge in [0.25, 0.3) is 5.91 Å². The van der Waals surface area contributed by atoms with Crippen molar-refractivity contribution in [3.05, 3.63) is 35.9 Å². The average Bonchev–Trinajstić information content (AvgIpc) is 2.42. The van der Waals surface area contributed by atoms with E-state index < -0.39 is 0 Å². The number of allylic oxidation sites excluding steroid dienone is 1. The Morgan fingerprint density at radius 2 is 2.11 bits per heavy atom. The van der Waals surface area contributed by atoms with Gasteiger partial charge < -0.3 is 14.8 Å². The van der Waals surface area contributed by atoms with Gasteiger partial charge in [0.05, 0.1) is 19.8 Å². The molecule has 0 aliphatic heterocycles. The fourth-order valence-corrected chi connectivity index (χ4v) is 1.60. The second kappa shape index (κ2) is 7.37. The Morgan fingerprint density at radius 3 is 2.72 bits per heavy atom. The Hall–Kier alpha value is -1.97. The summed E-state index contributed by atoms with van der Waals surface area (Å²) in [5.41, 5.74) is 0.484. The van der Waals surface area contributed by atoms with E-state index in [1.165, 1.54) is 7.11 Å². The summed E-state index contributed by atoms with van der Waals surface area (Å²) >= 11 is 0. The Kier molecular flexibility index (Phi) is 5.77. The van der Waals surface area contributed by atoms with Crippen molar-refractivity contribution in [3.63, 3.8) is 0 Å². The minimum absolute atomic E-state index is 0.157. The Morgan fingerprint density at radius 1 is 1.33 bits per heavy atom. The molecule has 98 valence electrons. The van der Waals surface area contributed by atoms with E-state index in [2.05, 4.69) is 5.32 Å². The maximum absolute atomic E-state index is 12.0. The number of carbonyl (C=O) groups excluding carboxylic acids is 1. The van der Waals surface area contributed by atoms with Gasteiger partial charge in [0.1, 0.15) is 0 Å². The van der Waals surface area contributed by atoms with Gasteiger partial charge in [-0.3, -0.25) is 4.79 Å². The zero-order chi connectivity index (χ0) is 13.4. The van der Waals surface area contributed by atoms with Crippen LogP contribution in [0.5, 0.6) is 11.5 Å². The van der Waals surface area contributed by atoms with Crippen LogP contribution in [-0.2, 0) is 0 Å². The lowest BCUT2D eigenvalue weighted by Gasteiger charge is -2.12. The predicted molar refractivity (Wildman–Crippen MR) is 71.3 cm³/mol. The maximum atomic E-state index is 12.0. The molecule has 0 aliphatic rings. The van der Waals surface area contributed by atoms with Gasteiger partial charge in [-0.15, -0.1) is 0 Å². The average molecular weight is 249 g/mol. The summed E-state index contributed by atoms with van der Waals surface area (Å²) in [6.07, 6.45) is 4.77. The highest BCUT2D eigenvalue weighted by atomic mass is 16.5. The van der Waals surface area contributed by atoms with Crippen molar-refractivity contribution in [2.45, 2.75) is 13.3 Å². The minimum Gasteiger partial charge on any atom is -0.493 e. The molecule has 1 aromatic carbocycles. The number of nitrogens with one attached hydrogen (secondary N) is 1. The number of hydrogen-bond acceptors (Lipinski definition) is 3. The monoisotopic (exact) mass is 249 g/mol. The molecule has 1 amide bonds. The first-order valence-electron chi connectivity index (χ1n) is 5.85. The van der Waals surface area contributed by atoms with E-state index in [-0.39, 0.29) is 5.91 Å². The van der Waals surface area contributed by atoms with Crippen molar-refractivity contribution in [1.29, 1.82) is 0 Å². The maximum Gasteiger partial charge on any atom is 0.255 e. The number of para-hydroxylation sites is 1. The molecule has 0 aliphatic carbocycles. The van der Waals surface area contributed by atoms with E-state index >= 15 is 0 Å². The van der Waals surface area contributed by atoms with Crippen LogP contribution in [0, 0.1) is 0 Å². The van der Waals surface area contributed by atoms with E-state index in [0.29, 0.717) is 23.6 Å². The minimum atomic E-state index is -0.157. The summed E-state index contributed by atoms with van der Waals surface area (Å²) < 4.78 is 10.4. The Labute approximate surface area is 108 Å². The van der Waals surface area contributed by atoms with Crippen molar-refractivity contribution in [1.82, 2.24) is 5.32 Å². The summed E-state index contributed by atoms with van der Waals surface area (Å²) in [5.74, 6) is 0.859. The summed E-state index contributed by atoms with van der Waals surface area (Å²) in [4.78, 5) is 12.0. The first kappa shape index (κ1) is 14.1. The largest absolute Gasteiger partial charge is 0.493 e. The van der Waals surface area contributed by atoms with Crippen LogP contribution < -0.4 is 14.8 Å². The molecule has 1 N–H and O–H groups in total. The molecule has 1 aromatic rings. The Balaban J connectivity index is 2.78. The second-order valence-electron chi connectivity index (χ2n) is 3.65. The van der Waals surface area contributed by atoms with Gasteiger partial charge in [-0.2, -0.15) is 0 Å². The topological polar surface area (TPSA) is 47.6 Å². The number of carbonyl (C=O) groups is 1. The van der Waals surface area contributed by atoms with Crippen LogP contribution in [0.3, 0.4) is 0 Å². The van der Waals surface area contributed by atoms with Crippen molar-refractivity contribution in [3.8, 4) is 11.5 Å². The van der Waals surface area contributed by atoms with Crippen molar-refractivity contribution in [2.24, 2.45) is 0 Å². The van der Waals surface area contributed by atoms with Crippen molar-refractivity contribution in [2.75, 3.05) is 20.8 Å². The van der Waals surface area contributed by atoms with E-state index in [4.69, 9.17) is 9.47 Å². The molecule has 0 radical (unpaired) electrons. The van der Waals surface area contributed by atoms with Gasteiger partial charge in [-0.1, -0.05) is 18.2 Å². The number of ether oxygens (including phenoxy) is 2. The fraction of sp³-hybridized carbons (Fsp3) is 0.357. The zero-order valence-electron chi connectivity index (χ0n) is 11.0. The number of rotatable bonds is 6.